The quantitative estimate of drug-likeness (QED) is 0.907. The predicted molar refractivity (Wildman–Crippen MR) is 97.2 cm³/mol. The van der Waals surface area contributed by atoms with E-state index in [1.165, 1.54) is 0 Å². The van der Waals surface area contributed by atoms with Crippen molar-refractivity contribution >= 4 is 17.3 Å². The van der Waals surface area contributed by atoms with Gasteiger partial charge in [-0.15, -0.1) is 0 Å². The van der Waals surface area contributed by atoms with Gasteiger partial charge in [0.25, 0.3) is 5.91 Å². The van der Waals surface area contributed by atoms with E-state index in [9.17, 15) is 4.79 Å². The first kappa shape index (κ1) is 16.1. The Morgan fingerprint density at radius 2 is 2.00 bits per heavy atom. The maximum absolute atomic E-state index is 12.5. The normalized spacial score (nSPS) is 18.4. The molecule has 1 amide bonds. The monoisotopic (exact) mass is 340 g/mol. The summed E-state index contributed by atoms with van der Waals surface area (Å²) in [5.41, 5.74) is 2.25. The minimum Gasteiger partial charge on any atom is -0.367 e. The number of amides is 1. The summed E-state index contributed by atoms with van der Waals surface area (Å²) in [5, 5.41) is 6.93. The SMILES string of the molecule is CCN1CCN(c2ccccc2NC(=O)c2cc(C3CC3)on2)CC1. The zero-order valence-corrected chi connectivity index (χ0v) is 14.6. The third-order valence-electron chi connectivity index (χ3n) is 5.05. The van der Waals surface area contributed by atoms with E-state index in [1.807, 2.05) is 18.2 Å². The van der Waals surface area contributed by atoms with Gasteiger partial charge in [0.2, 0.25) is 0 Å². The second-order valence-corrected chi connectivity index (χ2v) is 6.78. The molecule has 25 heavy (non-hydrogen) atoms. The molecule has 0 spiro atoms. The Morgan fingerprint density at radius 1 is 1.24 bits per heavy atom. The summed E-state index contributed by atoms with van der Waals surface area (Å²) in [5.74, 6) is 1.07. The van der Waals surface area contributed by atoms with Gasteiger partial charge in [-0.1, -0.05) is 24.2 Å². The first-order valence-electron chi connectivity index (χ1n) is 9.09. The standard InChI is InChI=1S/C19H24N4O2/c1-2-22-9-11-23(12-10-22)17-6-4-3-5-15(17)20-19(24)16-13-18(25-21-16)14-7-8-14/h3-6,13-14H,2,7-12H2,1H3,(H,20,24). The molecule has 132 valence electrons. The molecule has 0 bridgehead atoms. The van der Waals surface area contributed by atoms with Crippen molar-refractivity contribution in [2.45, 2.75) is 25.7 Å². The van der Waals surface area contributed by atoms with Crippen molar-refractivity contribution in [3.05, 3.63) is 41.8 Å². The van der Waals surface area contributed by atoms with Gasteiger partial charge < -0.3 is 19.6 Å². The van der Waals surface area contributed by atoms with E-state index < -0.39 is 0 Å². The van der Waals surface area contributed by atoms with Crippen molar-refractivity contribution in [2.75, 3.05) is 42.9 Å². The molecule has 6 nitrogen and oxygen atoms in total. The number of aromatic nitrogens is 1. The molecule has 0 radical (unpaired) electrons. The molecule has 1 saturated carbocycles. The van der Waals surface area contributed by atoms with E-state index in [2.05, 4.69) is 33.3 Å². The molecule has 0 atom stereocenters. The molecule has 2 heterocycles. The van der Waals surface area contributed by atoms with Crippen LogP contribution in [0.4, 0.5) is 11.4 Å². The van der Waals surface area contributed by atoms with E-state index in [0.29, 0.717) is 11.6 Å². The Kier molecular flexibility index (Phi) is 4.44. The number of carbonyl (C=O) groups is 1. The van der Waals surface area contributed by atoms with Crippen molar-refractivity contribution in [1.29, 1.82) is 0 Å². The van der Waals surface area contributed by atoms with Gasteiger partial charge >= 0.3 is 0 Å². The molecular formula is C19H24N4O2. The summed E-state index contributed by atoms with van der Waals surface area (Å²) < 4.78 is 5.29. The summed E-state index contributed by atoms with van der Waals surface area (Å²) in [6.45, 7) is 7.31. The number of nitrogens with zero attached hydrogens (tertiary/aromatic N) is 3. The van der Waals surface area contributed by atoms with Gasteiger partial charge in [0.15, 0.2) is 5.69 Å². The first-order chi connectivity index (χ1) is 12.2. The Balaban J connectivity index is 1.47. The average Bonchev–Trinajstić information content (AvgIpc) is 3.39. The molecule has 1 aliphatic heterocycles. The maximum atomic E-state index is 12.5. The second-order valence-electron chi connectivity index (χ2n) is 6.78. The lowest BCUT2D eigenvalue weighted by atomic mass is 10.2. The maximum Gasteiger partial charge on any atom is 0.277 e. The van der Waals surface area contributed by atoms with Gasteiger partial charge in [-0.05, 0) is 31.5 Å². The summed E-state index contributed by atoms with van der Waals surface area (Å²) in [6, 6.07) is 9.74. The average molecular weight is 340 g/mol. The number of likely N-dealkylation sites (N-methyl/N-ethyl adjacent to an activating group) is 1. The third kappa shape index (κ3) is 3.54. The summed E-state index contributed by atoms with van der Waals surface area (Å²) in [4.78, 5) is 17.3. The first-order valence-corrected chi connectivity index (χ1v) is 9.09. The Labute approximate surface area is 147 Å². The minimum atomic E-state index is -0.213. The number of anilines is 2. The fourth-order valence-corrected chi connectivity index (χ4v) is 3.30. The number of piperazine rings is 1. The number of para-hydroxylation sites is 2. The van der Waals surface area contributed by atoms with E-state index in [1.54, 1.807) is 6.07 Å². The van der Waals surface area contributed by atoms with Crippen LogP contribution in [0.5, 0.6) is 0 Å². The van der Waals surface area contributed by atoms with Crippen LogP contribution in [-0.4, -0.2) is 48.7 Å². The lowest BCUT2D eigenvalue weighted by Gasteiger charge is -2.36. The summed E-state index contributed by atoms with van der Waals surface area (Å²) in [6.07, 6.45) is 2.26. The van der Waals surface area contributed by atoms with Gasteiger partial charge in [0.1, 0.15) is 5.76 Å². The topological polar surface area (TPSA) is 61.6 Å². The van der Waals surface area contributed by atoms with Gasteiger partial charge in [-0.3, -0.25) is 4.79 Å². The Hall–Kier alpha value is -2.34. The molecule has 1 aliphatic carbocycles. The summed E-state index contributed by atoms with van der Waals surface area (Å²) >= 11 is 0. The van der Waals surface area contributed by atoms with Crippen molar-refractivity contribution in [3.63, 3.8) is 0 Å². The number of nitrogens with one attached hydrogen (secondary N) is 1. The Morgan fingerprint density at radius 3 is 2.72 bits per heavy atom. The lowest BCUT2D eigenvalue weighted by molar-refractivity contribution is 0.101. The molecular weight excluding hydrogens is 316 g/mol. The molecule has 6 heteroatoms. The van der Waals surface area contributed by atoms with Crippen LogP contribution in [0.2, 0.25) is 0 Å². The van der Waals surface area contributed by atoms with Crippen molar-refractivity contribution in [1.82, 2.24) is 10.1 Å². The molecule has 1 saturated heterocycles. The number of carbonyl (C=O) groups excluding carboxylic acids is 1. The third-order valence-corrected chi connectivity index (χ3v) is 5.05. The van der Waals surface area contributed by atoms with Gasteiger partial charge in [-0.2, -0.15) is 0 Å². The van der Waals surface area contributed by atoms with Crippen LogP contribution in [-0.2, 0) is 0 Å². The van der Waals surface area contributed by atoms with Crippen LogP contribution in [0.1, 0.15) is 41.9 Å². The largest absolute Gasteiger partial charge is 0.367 e. The molecule has 2 aliphatic rings. The highest BCUT2D eigenvalue weighted by Crippen LogP contribution is 2.40. The van der Waals surface area contributed by atoms with E-state index >= 15 is 0 Å². The predicted octanol–water partition coefficient (Wildman–Crippen LogP) is 2.95. The zero-order chi connectivity index (χ0) is 17.2. The number of hydrogen-bond donors (Lipinski definition) is 1. The van der Waals surface area contributed by atoms with Crippen molar-refractivity contribution < 1.29 is 9.32 Å². The van der Waals surface area contributed by atoms with Crippen molar-refractivity contribution in [3.8, 4) is 0 Å². The van der Waals surface area contributed by atoms with Gasteiger partial charge in [-0.25, -0.2) is 0 Å². The van der Waals surface area contributed by atoms with E-state index in [-0.39, 0.29) is 5.91 Å². The minimum absolute atomic E-state index is 0.213. The number of hydrogen-bond acceptors (Lipinski definition) is 5. The van der Waals surface area contributed by atoms with Crippen LogP contribution in [0, 0.1) is 0 Å². The molecule has 1 N–H and O–H groups in total. The second kappa shape index (κ2) is 6.88. The van der Waals surface area contributed by atoms with Crippen LogP contribution in [0.15, 0.2) is 34.9 Å². The Bertz CT molecular complexity index is 745. The van der Waals surface area contributed by atoms with Crippen LogP contribution < -0.4 is 10.2 Å². The number of rotatable bonds is 5. The molecule has 2 fully saturated rings. The molecule has 0 unspecified atom stereocenters. The van der Waals surface area contributed by atoms with Gasteiger partial charge in [0.05, 0.1) is 11.4 Å². The van der Waals surface area contributed by atoms with Crippen molar-refractivity contribution in [2.24, 2.45) is 0 Å². The zero-order valence-electron chi connectivity index (χ0n) is 14.6. The highest BCUT2D eigenvalue weighted by atomic mass is 16.5. The number of benzene rings is 1. The smallest absolute Gasteiger partial charge is 0.277 e. The lowest BCUT2D eigenvalue weighted by Crippen LogP contribution is -2.46. The van der Waals surface area contributed by atoms with Crippen LogP contribution >= 0.6 is 0 Å². The van der Waals surface area contributed by atoms with Gasteiger partial charge in [0, 0.05) is 38.2 Å². The highest BCUT2D eigenvalue weighted by Gasteiger charge is 2.29. The molecule has 1 aromatic carbocycles. The van der Waals surface area contributed by atoms with Crippen LogP contribution in [0.3, 0.4) is 0 Å². The molecule has 4 rings (SSSR count). The molecule has 1 aromatic heterocycles. The van der Waals surface area contributed by atoms with E-state index in [0.717, 1.165) is 62.7 Å². The highest BCUT2D eigenvalue weighted by molar-refractivity contribution is 6.04. The summed E-state index contributed by atoms with van der Waals surface area (Å²) in [7, 11) is 0. The molecule has 2 aromatic rings. The fraction of sp³-hybridized carbons (Fsp3) is 0.474. The van der Waals surface area contributed by atoms with Crippen LogP contribution in [0.25, 0.3) is 0 Å². The van der Waals surface area contributed by atoms with E-state index in [4.69, 9.17) is 4.52 Å². The fourth-order valence-electron chi connectivity index (χ4n) is 3.30.